The van der Waals surface area contributed by atoms with Crippen molar-refractivity contribution < 1.29 is 22.7 Å². The zero-order chi connectivity index (χ0) is 17.2. The van der Waals surface area contributed by atoms with Crippen LogP contribution in [0.15, 0.2) is 18.2 Å². The molecule has 0 radical (unpaired) electrons. The summed E-state index contributed by atoms with van der Waals surface area (Å²) in [6.07, 6.45) is 0.551. The second-order valence-electron chi connectivity index (χ2n) is 5.35. The molecule has 0 fully saturated rings. The second-order valence-corrected chi connectivity index (χ2v) is 7.61. The molecule has 0 spiro atoms. The van der Waals surface area contributed by atoms with Gasteiger partial charge in [0.05, 0.1) is 11.4 Å². The van der Waals surface area contributed by atoms with E-state index in [2.05, 4.69) is 10.6 Å². The molecule has 1 heterocycles. The van der Waals surface area contributed by atoms with E-state index in [9.17, 15) is 18.0 Å². The molecule has 1 atom stereocenters. The number of likely N-dealkylation sites (N-methyl/N-ethyl adjacent to an activating group) is 1. The maximum atomic E-state index is 11.9. The quantitative estimate of drug-likeness (QED) is 0.834. The van der Waals surface area contributed by atoms with Gasteiger partial charge in [-0.2, -0.15) is 0 Å². The number of amides is 3. The van der Waals surface area contributed by atoms with Crippen LogP contribution in [0.1, 0.15) is 6.92 Å². The molecule has 3 amide bonds. The summed E-state index contributed by atoms with van der Waals surface area (Å²) in [5.74, 6) is 0.253. The van der Waals surface area contributed by atoms with Gasteiger partial charge in [0.15, 0.2) is 6.10 Å². The first-order chi connectivity index (χ1) is 10.7. The second kappa shape index (κ2) is 6.45. The molecule has 0 aliphatic carbocycles. The fourth-order valence-electron chi connectivity index (χ4n) is 2.11. The lowest BCUT2D eigenvalue weighted by atomic mass is 10.2. The van der Waals surface area contributed by atoms with Gasteiger partial charge in [0, 0.05) is 25.5 Å². The zero-order valence-electron chi connectivity index (χ0n) is 13.1. The molecule has 1 aliphatic rings. The first kappa shape index (κ1) is 17.1. The summed E-state index contributed by atoms with van der Waals surface area (Å²) in [4.78, 5) is 25.1. The molecule has 0 unspecified atom stereocenters. The Balaban J connectivity index is 2.02. The molecule has 1 aromatic rings. The molecule has 1 aromatic carbocycles. The fourth-order valence-corrected chi connectivity index (χ4v) is 2.59. The third kappa shape index (κ3) is 4.35. The lowest BCUT2D eigenvalue weighted by molar-refractivity contribution is -0.125. The van der Waals surface area contributed by atoms with Crippen LogP contribution in [0.2, 0.25) is 0 Å². The Morgan fingerprint density at radius 2 is 2.09 bits per heavy atom. The number of fused-ring (bicyclic) bond motifs is 1. The molecule has 0 saturated heterocycles. The van der Waals surface area contributed by atoms with Crippen molar-refractivity contribution in [2.24, 2.45) is 0 Å². The first-order valence-electron chi connectivity index (χ1n) is 6.98. The number of carbonyl (C=O) groups excluding carboxylic acids is 2. The van der Waals surface area contributed by atoms with Gasteiger partial charge in [0.25, 0.3) is 5.91 Å². The minimum absolute atomic E-state index is 0.0224. The van der Waals surface area contributed by atoms with E-state index >= 15 is 0 Å². The SMILES string of the molecule is C[C@H]1Oc2ccc(NC(=O)NCCS(C)(=O)=O)cc2N(C)C1=O. The Kier molecular flexibility index (Phi) is 4.79. The van der Waals surface area contributed by atoms with Gasteiger partial charge in [0.2, 0.25) is 0 Å². The summed E-state index contributed by atoms with van der Waals surface area (Å²) >= 11 is 0. The van der Waals surface area contributed by atoms with Crippen molar-refractivity contribution in [2.45, 2.75) is 13.0 Å². The van der Waals surface area contributed by atoms with E-state index in [1.54, 1.807) is 32.2 Å². The van der Waals surface area contributed by atoms with E-state index in [1.807, 2.05) is 0 Å². The van der Waals surface area contributed by atoms with Crippen molar-refractivity contribution in [1.82, 2.24) is 5.32 Å². The normalized spacial score (nSPS) is 17.3. The molecule has 1 aliphatic heterocycles. The standard InChI is InChI=1S/C14H19N3O5S/c1-9-13(18)17(2)11-8-10(4-5-12(11)22-9)16-14(19)15-6-7-23(3,20)21/h4-5,8-9H,6-7H2,1-3H3,(H2,15,16,19)/t9-/m1/s1. The van der Waals surface area contributed by atoms with Crippen molar-refractivity contribution >= 4 is 33.2 Å². The van der Waals surface area contributed by atoms with Crippen LogP contribution in [0.5, 0.6) is 5.75 Å². The number of rotatable bonds is 4. The van der Waals surface area contributed by atoms with Crippen LogP contribution >= 0.6 is 0 Å². The van der Waals surface area contributed by atoms with Crippen LogP contribution in [0.3, 0.4) is 0 Å². The maximum absolute atomic E-state index is 11.9. The number of urea groups is 1. The largest absolute Gasteiger partial charge is 0.479 e. The molecule has 126 valence electrons. The average molecular weight is 341 g/mol. The van der Waals surface area contributed by atoms with E-state index < -0.39 is 22.0 Å². The number of sulfone groups is 1. The van der Waals surface area contributed by atoms with E-state index in [1.165, 1.54) is 4.90 Å². The summed E-state index contributed by atoms with van der Waals surface area (Å²) < 4.78 is 27.5. The molecule has 2 rings (SSSR count). The van der Waals surface area contributed by atoms with Gasteiger partial charge in [0.1, 0.15) is 15.6 Å². The van der Waals surface area contributed by atoms with Crippen molar-refractivity contribution in [3.05, 3.63) is 18.2 Å². The van der Waals surface area contributed by atoms with Gasteiger partial charge in [-0.25, -0.2) is 13.2 Å². The molecule has 2 N–H and O–H groups in total. The molecule has 0 saturated carbocycles. The van der Waals surface area contributed by atoms with Crippen LogP contribution in [-0.4, -0.2) is 52.1 Å². The predicted molar refractivity (Wildman–Crippen MR) is 86.7 cm³/mol. The molecule has 0 aromatic heterocycles. The Bertz CT molecular complexity index is 732. The average Bonchev–Trinajstić information content (AvgIpc) is 2.44. The fraction of sp³-hybridized carbons (Fsp3) is 0.429. The minimum Gasteiger partial charge on any atom is -0.479 e. The number of anilines is 2. The van der Waals surface area contributed by atoms with E-state index in [-0.39, 0.29) is 18.2 Å². The van der Waals surface area contributed by atoms with Crippen LogP contribution in [0, 0.1) is 0 Å². The van der Waals surface area contributed by atoms with Gasteiger partial charge >= 0.3 is 6.03 Å². The molecule has 23 heavy (non-hydrogen) atoms. The summed E-state index contributed by atoms with van der Waals surface area (Å²) in [7, 11) is -1.49. The van der Waals surface area contributed by atoms with Gasteiger partial charge in [-0.3, -0.25) is 4.79 Å². The number of hydrogen-bond acceptors (Lipinski definition) is 5. The van der Waals surface area contributed by atoms with Crippen molar-refractivity contribution in [3.63, 3.8) is 0 Å². The highest BCUT2D eigenvalue weighted by Gasteiger charge is 2.29. The number of ether oxygens (including phenoxy) is 1. The minimum atomic E-state index is -3.13. The number of nitrogens with zero attached hydrogens (tertiary/aromatic N) is 1. The van der Waals surface area contributed by atoms with Gasteiger partial charge in [-0.15, -0.1) is 0 Å². The third-order valence-corrected chi connectivity index (χ3v) is 4.26. The Morgan fingerprint density at radius 1 is 1.39 bits per heavy atom. The highest BCUT2D eigenvalue weighted by atomic mass is 32.2. The van der Waals surface area contributed by atoms with E-state index in [0.717, 1.165) is 6.26 Å². The summed E-state index contributed by atoms with van der Waals surface area (Å²) in [6.45, 7) is 1.69. The van der Waals surface area contributed by atoms with Crippen molar-refractivity contribution in [1.29, 1.82) is 0 Å². The Labute approximate surface area is 134 Å². The topological polar surface area (TPSA) is 105 Å². The monoisotopic (exact) mass is 341 g/mol. The molecule has 9 heteroatoms. The van der Waals surface area contributed by atoms with E-state index in [0.29, 0.717) is 17.1 Å². The number of benzene rings is 1. The van der Waals surface area contributed by atoms with E-state index in [4.69, 9.17) is 4.74 Å². The lowest BCUT2D eigenvalue weighted by Gasteiger charge is -2.30. The highest BCUT2D eigenvalue weighted by molar-refractivity contribution is 7.90. The summed E-state index contributed by atoms with van der Waals surface area (Å²) in [5.41, 5.74) is 1.03. The molecule has 0 bridgehead atoms. The molecule has 8 nitrogen and oxygen atoms in total. The lowest BCUT2D eigenvalue weighted by Crippen LogP contribution is -2.42. The van der Waals surface area contributed by atoms with Crippen LogP contribution in [-0.2, 0) is 14.6 Å². The predicted octanol–water partition coefficient (Wildman–Crippen LogP) is 0.596. The maximum Gasteiger partial charge on any atom is 0.319 e. The number of carbonyl (C=O) groups is 2. The van der Waals surface area contributed by atoms with Crippen LogP contribution in [0.4, 0.5) is 16.2 Å². The zero-order valence-corrected chi connectivity index (χ0v) is 13.9. The van der Waals surface area contributed by atoms with Gasteiger partial charge in [-0.05, 0) is 25.1 Å². The molecular formula is C14H19N3O5S. The molecular weight excluding hydrogens is 322 g/mol. The number of hydrogen-bond donors (Lipinski definition) is 2. The highest BCUT2D eigenvalue weighted by Crippen LogP contribution is 2.35. The summed E-state index contributed by atoms with van der Waals surface area (Å²) in [6, 6.07) is 4.41. The van der Waals surface area contributed by atoms with Crippen molar-refractivity contribution in [3.8, 4) is 5.75 Å². The first-order valence-corrected chi connectivity index (χ1v) is 9.04. The van der Waals surface area contributed by atoms with Crippen molar-refractivity contribution in [2.75, 3.05) is 35.8 Å². The van der Waals surface area contributed by atoms with Gasteiger partial charge < -0.3 is 20.3 Å². The Morgan fingerprint density at radius 3 is 2.74 bits per heavy atom. The Hall–Kier alpha value is -2.29. The van der Waals surface area contributed by atoms with Crippen LogP contribution < -0.4 is 20.3 Å². The smallest absolute Gasteiger partial charge is 0.319 e. The van der Waals surface area contributed by atoms with Gasteiger partial charge in [-0.1, -0.05) is 0 Å². The third-order valence-electron chi connectivity index (χ3n) is 3.32. The van der Waals surface area contributed by atoms with Crippen LogP contribution in [0.25, 0.3) is 0 Å². The number of nitrogens with one attached hydrogen (secondary N) is 2. The summed E-state index contributed by atoms with van der Waals surface area (Å²) in [5, 5.41) is 5.04.